The monoisotopic (exact) mass is 290 g/mol. The van der Waals surface area contributed by atoms with Crippen molar-refractivity contribution in [3.63, 3.8) is 0 Å². The van der Waals surface area contributed by atoms with Crippen LogP contribution in [0.5, 0.6) is 0 Å². The summed E-state index contributed by atoms with van der Waals surface area (Å²) < 4.78 is 5.91. The van der Waals surface area contributed by atoms with Gasteiger partial charge in [0.25, 0.3) is 0 Å². The third-order valence-electron chi connectivity index (χ3n) is 7.74. The zero-order chi connectivity index (χ0) is 15.1. The number of ether oxygens (including phenoxy) is 1. The predicted molar refractivity (Wildman–Crippen MR) is 79.5 cm³/mol. The Hall–Kier alpha value is -0.830. The highest BCUT2D eigenvalue weighted by Crippen LogP contribution is 2.70. The summed E-state index contributed by atoms with van der Waals surface area (Å²) in [7, 11) is 0. The van der Waals surface area contributed by atoms with E-state index in [1.807, 2.05) is 0 Å². The van der Waals surface area contributed by atoms with Crippen molar-refractivity contribution in [2.45, 2.75) is 70.5 Å². The summed E-state index contributed by atoms with van der Waals surface area (Å²) in [6, 6.07) is 0. The molecule has 3 saturated carbocycles. The molecule has 116 valence electrons. The number of carbonyl (C=O) groups excluding carboxylic acids is 1. The molecule has 0 radical (unpaired) electrons. The van der Waals surface area contributed by atoms with Crippen molar-refractivity contribution in [1.29, 1.82) is 0 Å². The molecular formula is C18H26O3. The largest absolute Gasteiger partial charge is 0.453 e. The van der Waals surface area contributed by atoms with Gasteiger partial charge in [-0.15, -0.1) is 0 Å². The molecule has 0 spiro atoms. The number of allylic oxidation sites excluding steroid dienone is 1. The minimum atomic E-state index is -1.30. The van der Waals surface area contributed by atoms with E-state index in [9.17, 15) is 9.90 Å². The third kappa shape index (κ3) is 1.46. The van der Waals surface area contributed by atoms with E-state index in [2.05, 4.69) is 32.9 Å². The highest BCUT2D eigenvalue weighted by atomic mass is 16.6. The maximum Gasteiger partial charge on any atom is 0.339 e. The summed E-state index contributed by atoms with van der Waals surface area (Å²) in [6.07, 6.45) is 9.77. The van der Waals surface area contributed by atoms with E-state index in [0.717, 1.165) is 32.1 Å². The lowest BCUT2D eigenvalue weighted by atomic mass is 9.64. The van der Waals surface area contributed by atoms with Gasteiger partial charge in [0.15, 0.2) is 5.60 Å². The van der Waals surface area contributed by atoms with Crippen molar-refractivity contribution in [3.8, 4) is 0 Å². The molecule has 2 unspecified atom stereocenters. The summed E-state index contributed by atoms with van der Waals surface area (Å²) in [5.74, 6) is 0.625. The quantitative estimate of drug-likeness (QED) is 0.627. The lowest BCUT2D eigenvalue weighted by Gasteiger charge is -2.44. The van der Waals surface area contributed by atoms with Gasteiger partial charge in [0, 0.05) is 5.41 Å². The second-order valence-corrected chi connectivity index (χ2v) is 8.67. The third-order valence-corrected chi connectivity index (χ3v) is 7.74. The molecule has 3 heteroatoms. The van der Waals surface area contributed by atoms with Crippen molar-refractivity contribution < 1.29 is 14.6 Å². The Morgan fingerprint density at radius 3 is 2.38 bits per heavy atom. The number of hydrogen-bond acceptors (Lipinski definition) is 3. The van der Waals surface area contributed by atoms with E-state index in [1.165, 1.54) is 0 Å². The zero-order valence-electron chi connectivity index (χ0n) is 13.3. The summed E-state index contributed by atoms with van der Waals surface area (Å²) in [5.41, 5.74) is -2.08. The molecular weight excluding hydrogens is 264 g/mol. The van der Waals surface area contributed by atoms with Gasteiger partial charge >= 0.3 is 5.97 Å². The number of hydrogen-bond donors (Lipinski definition) is 1. The first kappa shape index (κ1) is 13.8. The average Bonchev–Trinajstić information content (AvgIpc) is 3.09. The van der Waals surface area contributed by atoms with E-state index in [1.54, 1.807) is 0 Å². The molecule has 4 aliphatic rings. The lowest BCUT2D eigenvalue weighted by Crippen LogP contribution is -2.55. The summed E-state index contributed by atoms with van der Waals surface area (Å²) in [5, 5.41) is 11.2. The van der Waals surface area contributed by atoms with Gasteiger partial charge in [0.05, 0.1) is 0 Å². The molecule has 0 aromatic rings. The van der Waals surface area contributed by atoms with Crippen molar-refractivity contribution in [1.82, 2.24) is 0 Å². The SMILES string of the molecule is CC1(C)[C@@H]2CC[C@@]1(C)[C@](O)(C(=O)OC13C=CC(CC1)C3)C2. The average molecular weight is 290 g/mol. The van der Waals surface area contributed by atoms with E-state index in [-0.39, 0.29) is 16.8 Å². The first-order valence-electron chi connectivity index (χ1n) is 8.38. The molecule has 0 aliphatic heterocycles. The number of carbonyl (C=O) groups is 1. The van der Waals surface area contributed by atoms with Crippen LogP contribution in [0.4, 0.5) is 0 Å². The van der Waals surface area contributed by atoms with Crippen LogP contribution in [-0.4, -0.2) is 22.3 Å². The molecule has 4 bridgehead atoms. The van der Waals surface area contributed by atoms with Crippen molar-refractivity contribution in [2.75, 3.05) is 0 Å². The normalized spacial score (nSPS) is 52.6. The standard InChI is InChI=1S/C18H26O3/c1-15(2)13-6-7-16(15,3)18(20,11-13)14(19)21-17-8-4-12(10-17)5-9-17/h4,8,12-13,20H,5-7,9-11H2,1-3H3/t12?,13-,16-,17?,18-/m1/s1. The fourth-order valence-corrected chi connectivity index (χ4v) is 5.68. The molecule has 5 atom stereocenters. The second-order valence-electron chi connectivity index (χ2n) is 8.67. The van der Waals surface area contributed by atoms with Gasteiger partial charge in [-0.05, 0) is 61.9 Å². The number of aliphatic hydroxyl groups is 1. The lowest BCUT2D eigenvalue weighted by molar-refractivity contribution is -0.193. The molecule has 0 saturated heterocycles. The minimum Gasteiger partial charge on any atom is -0.453 e. The van der Waals surface area contributed by atoms with Crippen LogP contribution in [0.1, 0.15) is 59.3 Å². The first-order valence-corrected chi connectivity index (χ1v) is 8.38. The second kappa shape index (κ2) is 3.73. The maximum absolute atomic E-state index is 12.9. The maximum atomic E-state index is 12.9. The molecule has 3 nitrogen and oxygen atoms in total. The number of fused-ring (bicyclic) bond motifs is 4. The Morgan fingerprint density at radius 1 is 1.19 bits per heavy atom. The van der Waals surface area contributed by atoms with Gasteiger partial charge in [0.1, 0.15) is 5.60 Å². The topological polar surface area (TPSA) is 46.5 Å². The Labute approximate surface area is 126 Å². The van der Waals surface area contributed by atoms with Crippen molar-refractivity contribution >= 4 is 5.97 Å². The fourth-order valence-electron chi connectivity index (χ4n) is 5.68. The Kier molecular flexibility index (Phi) is 2.45. The summed E-state index contributed by atoms with van der Waals surface area (Å²) >= 11 is 0. The van der Waals surface area contributed by atoms with Gasteiger partial charge in [-0.25, -0.2) is 4.79 Å². The number of rotatable bonds is 2. The smallest absolute Gasteiger partial charge is 0.339 e. The molecule has 1 N–H and O–H groups in total. The Balaban J connectivity index is 1.62. The van der Waals surface area contributed by atoms with Crippen LogP contribution in [0.3, 0.4) is 0 Å². The van der Waals surface area contributed by atoms with Crippen molar-refractivity contribution in [3.05, 3.63) is 12.2 Å². The molecule has 0 amide bonds. The fraction of sp³-hybridized carbons (Fsp3) is 0.833. The van der Waals surface area contributed by atoms with Crippen LogP contribution in [0.15, 0.2) is 12.2 Å². The van der Waals surface area contributed by atoms with Crippen LogP contribution in [0, 0.1) is 22.7 Å². The molecule has 0 aromatic carbocycles. The van der Waals surface area contributed by atoms with E-state index >= 15 is 0 Å². The number of esters is 1. The van der Waals surface area contributed by atoms with Crippen molar-refractivity contribution in [2.24, 2.45) is 22.7 Å². The van der Waals surface area contributed by atoms with Crippen LogP contribution in [0.2, 0.25) is 0 Å². The van der Waals surface area contributed by atoms with Crippen LogP contribution >= 0.6 is 0 Å². The molecule has 0 aromatic heterocycles. The highest BCUT2D eigenvalue weighted by Gasteiger charge is 2.72. The first-order chi connectivity index (χ1) is 9.73. The van der Waals surface area contributed by atoms with Gasteiger partial charge in [-0.3, -0.25) is 0 Å². The van der Waals surface area contributed by atoms with Gasteiger partial charge in [-0.1, -0.05) is 26.8 Å². The van der Waals surface area contributed by atoms with E-state index in [0.29, 0.717) is 18.3 Å². The minimum absolute atomic E-state index is 0.00215. The Morgan fingerprint density at radius 2 is 1.95 bits per heavy atom. The van der Waals surface area contributed by atoms with Crippen LogP contribution < -0.4 is 0 Å². The molecule has 4 rings (SSSR count). The zero-order valence-corrected chi connectivity index (χ0v) is 13.3. The van der Waals surface area contributed by atoms with Crippen LogP contribution in [-0.2, 0) is 9.53 Å². The molecule has 0 heterocycles. The molecule has 3 fully saturated rings. The van der Waals surface area contributed by atoms with Gasteiger partial charge < -0.3 is 9.84 Å². The molecule has 21 heavy (non-hydrogen) atoms. The van der Waals surface area contributed by atoms with Crippen LogP contribution in [0.25, 0.3) is 0 Å². The summed E-state index contributed by atoms with van der Waals surface area (Å²) in [6.45, 7) is 6.49. The van der Waals surface area contributed by atoms with Gasteiger partial charge in [-0.2, -0.15) is 0 Å². The predicted octanol–water partition coefficient (Wildman–Crippen LogP) is 3.22. The Bertz CT molecular complexity index is 537. The van der Waals surface area contributed by atoms with E-state index < -0.39 is 11.2 Å². The summed E-state index contributed by atoms with van der Waals surface area (Å²) in [4.78, 5) is 12.9. The van der Waals surface area contributed by atoms with E-state index in [4.69, 9.17) is 4.74 Å². The molecule has 4 aliphatic carbocycles. The van der Waals surface area contributed by atoms with Gasteiger partial charge in [0.2, 0.25) is 0 Å². The highest BCUT2D eigenvalue weighted by molar-refractivity contribution is 5.82.